The van der Waals surface area contributed by atoms with E-state index in [1.165, 1.54) is 6.42 Å². The van der Waals surface area contributed by atoms with E-state index in [9.17, 15) is 10.1 Å². The molecule has 0 saturated heterocycles. The second-order valence-corrected chi connectivity index (χ2v) is 6.81. The lowest BCUT2D eigenvalue weighted by molar-refractivity contribution is -0.118. The minimum atomic E-state index is -0.253. The highest BCUT2D eigenvalue weighted by atomic mass is 32.2. The number of nitrogens with one attached hydrogen (secondary N) is 2. The lowest BCUT2D eigenvalue weighted by atomic mass is 9.94. The van der Waals surface area contributed by atoms with Gasteiger partial charge >= 0.3 is 0 Å². The maximum atomic E-state index is 12.3. The van der Waals surface area contributed by atoms with E-state index in [2.05, 4.69) is 10.6 Å². The number of thioether (sulfide) groups is 1. The quantitative estimate of drug-likeness (QED) is 0.879. The number of hydrogen-bond donors (Lipinski definition) is 2. The highest BCUT2D eigenvalue weighted by Gasteiger charge is 2.41. The number of carbonyl (C=O) groups excluding carboxylic acids is 1. The number of rotatable bonds is 2. The standard InChI is InChI=1S/C16H17N3OS/c17-11-13-14(20)19-16(9-5-2-6-10-16)21-15(13)18-12-7-3-1-4-8-12/h1,3-4,7-8,18H,2,5-6,9-10H2,(H,19,20). The molecular weight excluding hydrogens is 282 g/mol. The Hall–Kier alpha value is -1.93. The van der Waals surface area contributed by atoms with Crippen LogP contribution < -0.4 is 10.6 Å². The van der Waals surface area contributed by atoms with E-state index >= 15 is 0 Å². The molecule has 1 spiro atoms. The van der Waals surface area contributed by atoms with Crippen molar-refractivity contribution in [3.8, 4) is 6.07 Å². The van der Waals surface area contributed by atoms with Gasteiger partial charge in [0.2, 0.25) is 0 Å². The van der Waals surface area contributed by atoms with Gasteiger partial charge in [0.1, 0.15) is 11.6 Å². The van der Waals surface area contributed by atoms with Crippen LogP contribution in [0.5, 0.6) is 0 Å². The number of para-hydroxylation sites is 1. The van der Waals surface area contributed by atoms with Gasteiger partial charge in [0.05, 0.1) is 9.90 Å². The molecule has 108 valence electrons. The smallest absolute Gasteiger partial charge is 0.265 e. The Balaban J connectivity index is 1.90. The summed E-state index contributed by atoms with van der Waals surface area (Å²) in [5.41, 5.74) is 1.08. The zero-order chi connectivity index (χ0) is 14.7. The number of hydrogen-bond acceptors (Lipinski definition) is 4. The van der Waals surface area contributed by atoms with Crippen molar-refractivity contribution in [2.24, 2.45) is 0 Å². The van der Waals surface area contributed by atoms with Crippen LogP contribution in [0.15, 0.2) is 40.9 Å². The van der Waals surface area contributed by atoms with E-state index in [0.29, 0.717) is 5.03 Å². The molecular formula is C16H17N3OS. The summed E-state index contributed by atoms with van der Waals surface area (Å²) in [6.07, 6.45) is 5.38. The van der Waals surface area contributed by atoms with Crippen molar-refractivity contribution < 1.29 is 4.79 Å². The molecule has 1 amide bonds. The largest absolute Gasteiger partial charge is 0.349 e. The summed E-state index contributed by atoms with van der Waals surface area (Å²) in [4.78, 5) is 12.0. The molecule has 1 fully saturated rings. The molecule has 0 bridgehead atoms. The predicted octanol–water partition coefficient (Wildman–Crippen LogP) is 3.36. The second kappa shape index (κ2) is 5.82. The fourth-order valence-corrected chi connectivity index (χ4v) is 4.27. The van der Waals surface area contributed by atoms with E-state index < -0.39 is 0 Å². The first-order chi connectivity index (χ1) is 10.2. The topological polar surface area (TPSA) is 64.9 Å². The summed E-state index contributed by atoms with van der Waals surface area (Å²) in [5, 5.41) is 16.2. The molecule has 0 unspecified atom stereocenters. The molecule has 0 radical (unpaired) electrons. The van der Waals surface area contributed by atoms with Gasteiger partial charge in [-0.15, -0.1) is 0 Å². The van der Waals surface area contributed by atoms with Gasteiger partial charge in [0.15, 0.2) is 0 Å². The third-order valence-electron chi connectivity index (χ3n) is 3.90. The summed E-state index contributed by atoms with van der Waals surface area (Å²) in [5.74, 6) is -0.253. The summed E-state index contributed by atoms with van der Waals surface area (Å²) in [6, 6.07) is 11.7. The van der Waals surface area contributed by atoms with Crippen LogP contribution in [0.1, 0.15) is 32.1 Å². The van der Waals surface area contributed by atoms with Crippen molar-refractivity contribution >= 4 is 23.4 Å². The first kappa shape index (κ1) is 14.0. The zero-order valence-corrected chi connectivity index (χ0v) is 12.5. The van der Waals surface area contributed by atoms with Gasteiger partial charge in [-0.05, 0) is 25.0 Å². The number of benzene rings is 1. The minimum absolute atomic E-state index is 0.181. The van der Waals surface area contributed by atoms with Crippen LogP contribution in [0, 0.1) is 11.3 Å². The zero-order valence-electron chi connectivity index (χ0n) is 11.7. The normalized spacial score (nSPS) is 20.8. The fourth-order valence-electron chi connectivity index (χ4n) is 2.84. The van der Waals surface area contributed by atoms with Crippen molar-refractivity contribution in [1.82, 2.24) is 5.32 Å². The average Bonchev–Trinajstić information content (AvgIpc) is 2.49. The number of amides is 1. The monoisotopic (exact) mass is 299 g/mol. The SMILES string of the molecule is N#CC1=C(Nc2ccccc2)SC2(CCCCC2)NC1=O. The van der Waals surface area contributed by atoms with Gasteiger partial charge in [-0.1, -0.05) is 49.2 Å². The Morgan fingerprint density at radius 2 is 1.90 bits per heavy atom. The first-order valence-corrected chi connectivity index (χ1v) is 8.02. The summed E-state index contributed by atoms with van der Waals surface area (Å²) in [7, 11) is 0. The van der Waals surface area contributed by atoms with Crippen molar-refractivity contribution in [3.05, 3.63) is 40.9 Å². The Morgan fingerprint density at radius 1 is 1.19 bits per heavy atom. The molecule has 1 aromatic carbocycles. The lowest BCUT2D eigenvalue weighted by Gasteiger charge is -2.40. The van der Waals surface area contributed by atoms with E-state index in [0.717, 1.165) is 31.4 Å². The average molecular weight is 299 g/mol. The molecule has 1 heterocycles. The molecule has 1 saturated carbocycles. The number of nitrogens with zero attached hydrogens (tertiary/aromatic N) is 1. The summed E-state index contributed by atoms with van der Waals surface area (Å²) < 4.78 is 0. The Morgan fingerprint density at radius 3 is 2.57 bits per heavy atom. The van der Waals surface area contributed by atoms with Crippen LogP contribution in [0.3, 0.4) is 0 Å². The fraction of sp³-hybridized carbons (Fsp3) is 0.375. The molecule has 2 aliphatic rings. The van der Waals surface area contributed by atoms with E-state index in [4.69, 9.17) is 0 Å². The predicted molar refractivity (Wildman–Crippen MR) is 84.3 cm³/mol. The van der Waals surface area contributed by atoms with Gasteiger partial charge in [-0.3, -0.25) is 4.79 Å². The van der Waals surface area contributed by atoms with Crippen molar-refractivity contribution in [3.63, 3.8) is 0 Å². The van der Waals surface area contributed by atoms with Crippen LogP contribution in [-0.4, -0.2) is 10.8 Å². The Bertz CT molecular complexity index is 612. The van der Waals surface area contributed by atoms with Crippen LogP contribution in [-0.2, 0) is 4.79 Å². The van der Waals surface area contributed by atoms with Crippen LogP contribution in [0.25, 0.3) is 0 Å². The summed E-state index contributed by atoms with van der Waals surface area (Å²) in [6.45, 7) is 0. The van der Waals surface area contributed by atoms with Crippen molar-refractivity contribution in [1.29, 1.82) is 5.26 Å². The van der Waals surface area contributed by atoms with Gasteiger partial charge in [-0.2, -0.15) is 5.26 Å². The van der Waals surface area contributed by atoms with Crippen LogP contribution >= 0.6 is 11.8 Å². The highest BCUT2D eigenvalue weighted by Crippen LogP contribution is 2.45. The molecule has 3 rings (SSSR count). The molecule has 1 aromatic rings. The van der Waals surface area contributed by atoms with Gasteiger partial charge in [0.25, 0.3) is 5.91 Å². The van der Waals surface area contributed by atoms with Crippen molar-refractivity contribution in [2.45, 2.75) is 37.0 Å². The van der Waals surface area contributed by atoms with Gasteiger partial charge < -0.3 is 10.6 Å². The molecule has 5 heteroatoms. The maximum absolute atomic E-state index is 12.3. The Kier molecular flexibility index (Phi) is 3.89. The molecule has 0 aromatic heterocycles. The maximum Gasteiger partial charge on any atom is 0.265 e. The number of nitriles is 1. The van der Waals surface area contributed by atoms with Crippen LogP contribution in [0.2, 0.25) is 0 Å². The first-order valence-electron chi connectivity index (χ1n) is 7.20. The van der Waals surface area contributed by atoms with E-state index in [-0.39, 0.29) is 16.4 Å². The lowest BCUT2D eigenvalue weighted by Crippen LogP contribution is -2.50. The van der Waals surface area contributed by atoms with Gasteiger partial charge in [-0.25, -0.2) is 0 Å². The minimum Gasteiger partial charge on any atom is -0.349 e. The van der Waals surface area contributed by atoms with Gasteiger partial charge in [0, 0.05) is 5.69 Å². The second-order valence-electron chi connectivity index (χ2n) is 5.42. The highest BCUT2D eigenvalue weighted by molar-refractivity contribution is 8.04. The van der Waals surface area contributed by atoms with Crippen LogP contribution in [0.4, 0.5) is 5.69 Å². The molecule has 21 heavy (non-hydrogen) atoms. The molecule has 2 N–H and O–H groups in total. The number of anilines is 1. The third kappa shape index (κ3) is 2.91. The molecule has 1 aliphatic heterocycles. The molecule has 4 nitrogen and oxygen atoms in total. The van der Waals surface area contributed by atoms with Crippen molar-refractivity contribution in [2.75, 3.05) is 5.32 Å². The molecule has 0 atom stereocenters. The van der Waals surface area contributed by atoms with E-state index in [1.54, 1.807) is 11.8 Å². The number of carbonyl (C=O) groups is 1. The Labute approximate surface area is 128 Å². The third-order valence-corrected chi connectivity index (χ3v) is 5.31. The molecule has 1 aliphatic carbocycles. The van der Waals surface area contributed by atoms with E-state index in [1.807, 2.05) is 36.4 Å². The summed E-state index contributed by atoms with van der Waals surface area (Å²) >= 11 is 1.60.